The zero-order valence-corrected chi connectivity index (χ0v) is 11.2. The summed E-state index contributed by atoms with van der Waals surface area (Å²) in [6.45, 7) is 7.55. The fourth-order valence-corrected chi connectivity index (χ4v) is 2.34. The van der Waals surface area contributed by atoms with Crippen LogP contribution in [0.3, 0.4) is 0 Å². The van der Waals surface area contributed by atoms with Crippen molar-refractivity contribution >= 4 is 5.69 Å². The summed E-state index contributed by atoms with van der Waals surface area (Å²) < 4.78 is 5.39. The Balaban J connectivity index is 2.31. The Morgan fingerprint density at radius 3 is 2.67 bits per heavy atom. The maximum Gasteiger partial charge on any atom is 0.103 e. The lowest BCUT2D eigenvalue weighted by atomic mass is 9.91. The molecule has 18 heavy (non-hydrogen) atoms. The largest absolute Gasteiger partial charge is 0.381 e. The highest BCUT2D eigenvalue weighted by molar-refractivity contribution is 5.61. The molecule has 2 rings (SSSR count). The van der Waals surface area contributed by atoms with Crippen molar-refractivity contribution in [2.45, 2.75) is 39.2 Å². The Morgan fingerprint density at radius 1 is 1.39 bits per heavy atom. The van der Waals surface area contributed by atoms with E-state index in [2.05, 4.69) is 23.3 Å². The molecular formula is C14H19N3O. The van der Waals surface area contributed by atoms with Gasteiger partial charge in [-0.15, -0.1) is 0 Å². The molecule has 0 aromatic carbocycles. The topological polar surface area (TPSA) is 57.9 Å². The molecule has 0 spiro atoms. The van der Waals surface area contributed by atoms with E-state index in [-0.39, 0.29) is 5.54 Å². The van der Waals surface area contributed by atoms with E-state index in [9.17, 15) is 5.26 Å². The summed E-state index contributed by atoms with van der Waals surface area (Å²) in [6.07, 6.45) is 1.91. The smallest absolute Gasteiger partial charge is 0.103 e. The summed E-state index contributed by atoms with van der Waals surface area (Å²) in [5.74, 6) is 0. The molecule has 0 bridgehead atoms. The van der Waals surface area contributed by atoms with Crippen LogP contribution in [0.1, 0.15) is 36.7 Å². The molecule has 96 valence electrons. The number of aromatic nitrogens is 1. The van der Waals surface area contributed by atoms with Crippen LogP contribution >= 0.6 is 0 Å². The molecule has 0 atom stereocenters. The van der Waals surface area contributed by atoms with E-state index in [4.69, 9.17) is 4.74 Å². The number of aryl methyl sites for hydroxylation is 2. The number of nitrogens with zero attached hydrogens (tertiary/aromatic N) is 2. The van der Waals surface area contributed by atoms with Crippen molar-refractivity contribution in [3.63, 3.8) is 0 Å². The molecule has 1 fully saturated rings. The fraction of sp³-hybridized carbons (Fsp3) is 0.571. The molecule has 1 aliphatic heterocycles. The van der Waals surface area contributed by atoms with Crippen LogP contribution in [0, 0.1) is 25.2 Å². The third-order valence-corrected chi connectivity index (χ3v) is 3.47. The molecule has 1 aliphatic rings. The van der Waals surface area contributed by atoms with Crippen molar-refractivity contribution in [3.8, 4) is 6.07 Å². The number of rotatable bonds is 2. The highest BCUT2D eigenvalue weighted by atomic mass is 16.5. The summed E-state index contributed by atoms with van der Waals surface area (Å²) in [5.41, 5.74) is 3.27. The molecule has 1 aromatic rings. The lowest BCUT2D eigenvalue weighted by Gasteiger charge is -2.35. The Morgan fingerprint density at radius 2 is 2.06 bits per heavy atom. The molecule has 0 amide bonds. The van der Waals surface area contributed by atoms with E-state index in [1.165, 1.54) is 0 Å². The molecule has 0 saturated carbocycles. The second-order valence-corrected chi connectivity index (χ2v) is 5.18. The van der Waals surface area contributed by atoms with Crippen molar-refractivity contribution in [2.75, 3.05) is 18.5 Å². The molecular weight excluding hydrogens is 226 g/mol. The Labute approximate surface area is 108 Å². The first-order valence-corrected chi connectivity index (χ1v) is 6.28. The number of ether oxygens (including phenoxy) is 1. The van der Waals surface area contributed by atoms with Gasteiger partial charge in [-0.05, 0) is 39.7 Å². The first-order chi connectivity index (χ1) is 8.54. The normalized spacial score (nSPS) is 18.1. The van der Waals surface area contributed by atoms with Crippen molar-refractivity contribution in [1.29, 1.82) is 5.26 Å². The predicted octanol–water partition coefficient (Wildman–Crippen LogP) is 2.55. The molecule has 1 aromatic heterocycles. The average molecular weight is 245 g/mol. The molecule has 1 saturated heterocycles. The van der Waals surface area contributed by atoms with Crippen LogP contribution in [-0.4, -0.2) is 23.7 Å². The maximum atomic E-state index is 9.25. The van der Waals surface area contributed by atoms with E-state index >= 15 is 0 Å². The minimum absolute atomic E-state index is 0.00405. The second kappa shape index (κ2) is 4.95. The number of hydrogen-bond donors (Lipinski definition) is 1. The van der Waals surface area contributed by atoms with Crippen LogP contribution in [0.25, 0.3) is 0 Å². The number of pyridine rings is 1. The van der Waals surface area contributed by atoms with E-state index < -0.39 is 0 Å². The van der Waals surface area contributed by atoms with Gasteiger partial charge in [-0.1, -0.05) is 0 Å². The molecule has 0 unspecified atom stereocenters. The van der Waals surface area contributed by atoms with Gasteiger partial charge in [-0.25, -0.2) is 0 Å². The first-order valence-electron chi connectivity index (χ1n) is 6.28. The highest BCUT2D eigenvalue weighted by Gasteiger charge is 2.28. The van der Waals surface area contributed by atoms with Crippen LogP contribution in [0.15, 0.2) is 6.07 Å². The summed E-state index contributed by atoms with van der Waals surface area (Å²) in [6, 6.07) is 4.19. The van der Waals surface area contributed by atoms with Crippen LogP contribution in [0.5, 0.6) is 0 Å². The zero-order valence-electron chi connectivity index (χ0n) is 11.2. The Hall–Kier alpha value is -1.60. The van der Waals surface area contributed by atoms with Gasteiger partial charge in [0.15, 0.2) is 0 Å². The quantitative estimate of drug-likeness (QED) is 0.870. The molecule has 0 radical (unpaired) electrons. The van der Waals surface area contributed by atoms with Crippen LogP contribution in [0.2, 0.25) is 0 Å². The second-order valence-electron chi connectivity index (χ2n) is 5.18. The molecule has 1 N–H and O–H groups in total. The van der Waals surface area contributed by atoms with Gasteiger partial charge in [-0.2, -0.15) is 5.26 Å². The van der Waals surface area contributed by atoms with Crippen molar-refractivity contribution in [2.24, 2.45) is 0 Å². The molecule has 4 heteroatoms. The van der Waals surface area contributed by atoms with Gasteiger partial charge >= 0.3 is 0 Å². The summed E-state index contributed by atoms with van der Waals surface area (Å²) in [4.78, 5) is 4.33. The average Bonchev–Trinajstić information content (AvgIpc) is 2.28. The van der Waals surface area contributed by atoms with Crippen LogP contribution in [0.4, 0.5) is 5.69 Å². The maximum absolute atomic E-state index is 9.25. The van der Waals surface area contributed by atoms with E-state index in [1.807, 2.05) is 19.9 Å². The van der Waals surface area contributed by atoms with Gasteiger partial charge < -0.3 is 10.1 Å². The lowest BCUT2D eigenvalue weighted by Crippen LogP contribution is -2.40. The van der Waals surface area contributed by atoms with Crippen LogP contribution in [-0.2, 0) is 4.74 Å². The Kier molecular flexibility index (Phi) is 3.53. The Bertz CT molecular complexity index is 485. The van der Waals surface area contributed by atoms with Crippen molar-refractivity contribution in [1.82, 2.24) is 4.98 Å². The number of anilines is 1. The van der Waals surface area contributed by atoms with E-state index in [0.717, 1.165) is 43.1 Å². The molecule has 2 heterocycles. The van der Waals surface area contributed by atoms with E-state index in [0.29, 0.717) is 5.56 Å². The van der Waals surface area contributed by atoms with Crippen LogP contribution < -0.4 is 5.32 Å². The van der Waals surface area contributed by atoms with Crippen molar-refractivity contribution in [3.05, 3.63) is 23.0 Å². The van der Waals surface area contributed by atoms with Gasteiger partial charge in [0.1, 0.15) is 6.07 Å². The van der Waals surface area contributed by atoms with Gasteiger partial charge in [0.2, 0.25) is 0 Å². The summed E-state index contributed by atoms with van der Waals surface area (Å²) >= 11 is 0. The third kappa shape index (κ3) is 2.62. The van der Waals surface area contributed by atoms with Gasteiger partial charge in [0, 0.05) is 24.4 Å². The minimum Gasteiger partial charge on any atom is -0.381 e. The standard InChI is InChI=1S/C14H19N3O/c1-10-8-13(12(9-15)11(2)16-10)17-14(3)4-6-18-7-5-14/h8H,4-7H2,1-3H3,(H,16,17). The highest BCUT2D eigenvalue weighted by Crippen LogP contribution is 2.28. The monoisotopic (exact) mass is 245 g/mol. The van der Waals surface area contributed by atoms with E-state index in [1.54, 1.807) is 0 Å². The van der Waals surface area contributed by atoms with Gasteiger partial charge in [0.05, 0.1) is 16.9 Å². The van der Waals surface area contributed by atoms with Crippen molar-refractivity contribution < 1.29 is 4.74 Å². The minimum atomic E-state index is 0.00405. The number of nitrogens with one attached hydrogen (secondary N) is 1. The van der Waals surface area contributed by atoms with Gasteiger partial charge in [0.25, 0.3) is 0 Å². The number of hydrogen-bond acceptors (Lipinski definition) is 4. The summed E-state index contributed by atoms with van der Waals surface area (Å²) in [5, 5.41) is 12.8. The first kappa shape index (κ1) is 12.8. The van der Waals surface area contributed by atoms with Gasteiger partial charge in [-0.3, -0.25) is 4.98 Å². The predicted molar refractivity (Wildman–Crippen MR) is 70.5 cm³/mol. The molecule has 0 aliphatic carbocycles. The lowest BCUT2D eigenvalue weighted by molar-refractivity contribution is 0.0658. The zero-order chi connectivity index (χ0) is 13.2. The SMILES string of the molecule is Cc1cc(NC2(C)CCOCC2)c(C#N)c(C)n1. The summed E-state index contributed by atoms with van der Waals surface area (Å²) in [7, 11) is 0. The molecule has 4 nitrogen and oxygen atoms in total. The number of nitriles is 1. The fourth-order valence-electron chi connectivity index (χ4n) is 2.34. The third-order valence-electron chi connectivity index (χ3n) is 3.47.